The van der Waals surface area contributed by atoms with Gasteiger partial charge in [0.05, 0.1) is 12.7 Å². The van der Waals surface area contributed by atoms with Crippen molar-refractivity contribution in [1.82, 2.24) is 4.98 Å². The first-order valence-corrected chi connectivity index (χ1v) is 6.55. The van der Waals surface area contributed by atoms with E-state index < -0.39 is 0 Å². The van der Waals surface area contributed by atoms with Crippen molar-refractivity contribution in [2.45, 2.75) is 19.4 Å². The van der Waals surface area contributed by atoms with Gasteiger partial charge in [0.2, 0.25) is 5.88 Å². The molecular formula is C16H15NO3. The summed E-state index contributed by atoms with van der Waals surface area (Å²) in [6.07, 6.45) is 3.02. The Labute approximate surface area is 117 Å². The summed E-state index contributed by atoms with van der Waals surface area (Å²) in [7, 11) is 1.59. The van der Waals surface area contributed by atoms with Gasteiger partial charge in [0.1, 0.15) is 12.4 Å². The lowest BCUT2D eigenvalue weighted by molar-refractivity contribution is 0.0994. The van der Waals surface area contributed by atoms with Gasteiger partial charge in [-0.25, -0.2) is 4.98 Å². The van der Waals surface area contributed by atoms with E-state index in [1.54, 1.807) is 13.3 Å². The van der Waals surface area contributed by atoms with Crippen molar-refractivity contribution in [3.8, 4) is 11.6 Å². The monoisotopic (exact) mass is 269 g/mol. The lowest BCUT2D eigenvalue weighted by Gasteiger charge is -2.11. The van der Waals surface area contributed by atoms with E-state index in [0.29, 0.717) is 18.9 Å². The zero-order chi connectivity index (χ0) is 13.9. The first kappa shape index (κ1) is 12.7. The second-order valence-corrected chi connectivity index (χ2v) is 4.67. The molecule has 1 aromatic carbocycles. The summed E-state index contributed by atoms with van der Waals surface area (Å²) in [5.74, 6) is 1.54. The highest BCUT2D eigenvalue weighted by Gasteiger charge is 2.22. The van der Waals surface area contributed by atoms with Gasteiger partial charge >= 0.3 is 0 Å². The van der Waals surface area contributed by atoms with Crippen molar-refractivity contribution >= 4 is 5.78 Å². The fourth-order valence-electron chi connectivity index (χ4n) is 2.47. The molecule has 1 aliphatic rings. The number of carbonyl (C=O) groups excluding carboxylic acids is 1. The number of Topliss-reactive ketones (excluding diaryl/α,β-unsaturated/α-hetero) is 1. The highest BCUT2D eigenvalue weighted by Crippen LogP contribution is 2.31. The van der Waals surface area contributed by atoms with Crippen LogP contribution in [0.25, 0.3) is 0 Å². The van der Waals surface area contributed by atoms with E-state index in [0.717, 1.165) is 28.9 Å². The van der Waals surface area contributed by atoms with Gasteiger partial charge in [-0.3, -0.25) is 4.79 Å². The predicted molar refractivity (Wildman–Crippen MR) is 74.2 cm³/mol. The molecule has 0 atom stereocenters. The van der Waals surface area contributed by atoms with E-state index >= 15 is 0 Å². The molecule has 0 amide bonds. The Balaban J connectivity index is 1.81. The molecule has 0 saturated carbocycles. The van der Waals surface area contributed by atoms with Crippen molar-refractivity contribution in [3.05, 3.63) is 53.2 Å². The van der Waals surface area contributed by atoms with E-state index in [4.69, 9.17) is 9.47 Å². The molecule has 0 spiro atoms. The number of carbonyl (C=O) groups is 1. The Morgan fingerprint density at radius 3 is 2.95 bits per heavy atom. The number of hydrogen-bond acceptors (Lipinski definition) is 4. The molecule has 0 radical (unpaired) electrons. The minimum Gasteiger partial charge on any atom is -0.488 e. The highest BCUT2D eigenvalue weighted by molar-refractivity contribution is 6.01. The number of aromatic nitrogens is 1. The Kier molecular flexibility index (Phi) is 3.37. The van der Waals surface area contributed by atoms with E-state index in [1.165, 1.54) is 0 Å². The third-order valence-electron chi connectivity index (χ3n) is 3.46. The topological polar surface area (TPSA) is 48.4 Å². The summed E-state index contributed by atoms with van der Waals surface area (Å²) in [5, 5.41) is 0. The van der Waals surface area contributed by atoms with Crippen LogP contribution in [0.4, 0.5) is 0 Å². The molecule has 0 fully saturated rings. The zero-order valence-electron chi connectivity index (χ0n) is 11.3. The maximum absolute atomic E-state index is 11.7. The lowest BCUT2D eigenvalue weighted by atomic mass is 10.1. The summed E-state index contributed by atoms with van der Waals surface area (Å²) in [6.45, 7) is 0.377. The average molecular weight is 269 g/mol. The summed E-state index contributed by atoms with van der Waals surface area (Å²) in [4.78, 5) is 15.8. The van der Waals surface area contributed by atoms with Crippen LogP contribution < -0.4 is 9.47 Å². The number of benzene rings is 1. The van der Waals surface area contributed by atoms with Crippen molar-refractivity contribution in [2.24, 2.45) is 0 Å². The number of methoxy groups -OCH3 is 1. The fraction of sp³-hybridized carbons (Fsp3) is 0.250. The maximum atomic E-state index is 11.7. The zero-order valence-corrected chi connectivity index (χ0v) is 11.3. The minimum atomic E-state index is 0.199. The van der Waals surface area contributed by atoms with Crippen molar-refractivity contribution in [2.75, 3.05) is 7.11 Å². The smallest absolute Gasteiger partial charge is 0.219 e. The molecule has 1 aromatic heterocycles. The normalized spacial score (nSPS) is 13.2. The van der Waals surface area contributed by atoms with Gasteiger partial charge in [0.25, 0.3) is 0 Å². The number of rotatable bonds is 4. The number of nitrogens with zero attached hydrogens (tertiary/aromatic N) is 1. The summed E-state index contributed by atoms with van der Waals surface area (Å²) < 4.78 is 11.1. The minimum absolute atomic E-state index is 0.199. The van der Waals surface area contributed by atoms with Crippen LogP contribution in [-0.4, -0.2) is 17.9 Å². The molecule has 0 saturated heterocycles. The van der Waals surface area contributed by atoms with E-state index in [-0.39, 0.29) is 5.78 Å². The standard InChI is InChI=1S/C16H15NO3/c1-19-16-11(4-3-9-17-16)10-20-15-6-2-5-12-13(15)7-8-14(12)18/h2-6,9H,7-8,10H2,1H3. The lowest BCUT2D eigenvalue weighted by Crippen LogP contribution is -2.02. The first-order valence-electron chi connectivity index (χ1n) is 6.55. The van der Waals surface area contributed by atoms with E-state index in [9.17, 15) is 4.79 Å². The third-order valence-corrected chi connectivity index (χ3v) is 3.46. The average Bonchev–Trinajstić information content (AvgIpc) is 2.88. The molecule has 1 heterocycles. The van der Waals surface area contributed by atoms with Gasteiger partial charge in [-0.15, -0.1) is 0 Å². The van der Waals surface area contributed by atoms with Crippen molar-refractivity contribution in [1.29, 1.82) is 0 Å². The SMILES string of the molecule is COc1ncccc1COc1cccc2c1CCC2=O. The molecule has 0 aliphatic heterocycles. The highest BCUT2D eigenvalue weighted by atomic mass is 16.5. The number of pyridine rings is 1. The van der Waals surface area contributed by atoms with Gasteiger partial charge in [-0.05, 0) is 24.6 Å². The van der Waals surface area contributed by atoms with E-state index in [2.05, 4.69) is 4.98 Å². The number of ether oxygens (including phenoxy) is 2. The molecule has 3 rings (SSSR count). The number of fused-ring (bicyclic) bond motifs is 1. The van der Waals surface area contributed by atoms with Crippen LogP contribution in [0.2, 0.25) is 0 Å². The van der Waals surface area contributed by atoms with Crippen LogP contribution in [0.1, 0.15) is 27.9 Å². The Hall–Kier alpha value is -2.36. The molecule has 4 heteroatoms. The summed E-state index contributed by atoms with van der Waals surface area (Å²) >= 11 is 0. The number of hydrogen-bond donors (Lipinski definition) is 0. The molecule has 102 valence electrons. The Bertz CT molecular complexity index is 652. The molecule has 1 aliphatic carbocycles. The van der Waals surface area contributed by atoms with Crippen LogP contribution in [0, 0.1) is 0 Å². The predicted octanol–water partition coefficient (Wildman–Crippen LogP) is 2.80. The first-order chi connectivity index (χ1) is 9.79. The molecule has 0 N–H and O–H groups in total. The third kappa shape index (κ3) is 2.25. The molecule has 2 aromatic rings. The van der Waals surface area contributed by atoms with Gasteiger partial charge in [0.15, 0.2) is 5.78 Å². The fourth-order valence-corrected chi connectivity index (χ4v) is 2.47. The van der Waals surface area contributed by atoms with Crippen LogP contribution in [0.15, 0.2) is 36.5 Å². The summed E-state index contributed by atoms with van der Waals surface area (Å²) in [6, 6.07) is 9.39. The molecule has 0 unspecified atom stereocenters. The van der Waals surface area contributed by atoms with Crippen molar-refractivity contribution < 1.29 is 14.3 Å². The van der Waals surface area contributed by atoms with Gasteiger partial charge in [0, 0.05) is 23.7 Å². The largest absolute Gasteiger partial charge is 0.488 e. The number of ketones is 1. The van der Waals surface area contributed by atoms with Gasteiger partial charge in [-0.2, -0.15) is 0 Å². The Morgan fingerprint density at radius 1 is 1.20 bits per heavy atom. The quantitative estimate of drug-likeness (QED) is 0.856. The maximum Gasteiger partial charge on any atom is 0.219 e. The molecule has 4 nitrogen and oxygen atoms in total. The molecular weight excluding hydrogens is 254 g/mol. The summed E-state index contributed by atoms with van der Waals surface area (Å²) in [5.41, 5.74) is 2.69. The van der Waals surface area contributed by atoms with Crippen LogP contribution in [0.3, 0.4) is 0 Å². The van der Waals surface area contributed by atoms with Gasteiger partial charge in [-0.1, -0.05) is 12.1 Å². The van der Waals surface area contributed by atoms with Crippen LogP contribution in [-0.2, 0) is 13.0 Å². The molecule has 20 heavy (non-hydrogen) atoms. The second kappa shape index (κ2) is 5.33. The molecule has 0 bridgehead atoms. The van der Waals surface area contributed by atoms with Crippen LogP contribution in [0.5, 0.6) is 11.6 Å². The Morgan fingerprint density at radius 2 is 2.10 bits per heavy atom. The van der Waals surface area contributed by atoms with Crippen molar-refractivity contribution in [3.63, 3.8) is 0 Å². The van der Waals surface area contributed by atoms with Gasteiger partial charge < -0.3 is 9.47 Å². The second-order valence-electron chi connectivity index (χ2n) is 4.67. The van der Waals surface area contributed by atoms with E-state index in [1.807, 2.05) is 30.3 Å². The van der Waals surface area contributed by atoms with Crippen LogP contribution >= 0.6 is 0 Å².